The number of nitrogens with zero attached hydrogens (tertiary/aromatic N) is 1. The Hall–Kier alpha value is -1.79. The molecule has 222 valence electrons. The standard InChI is InChI=1S/C19H31N3O15P2/c1-8(24)20-12-15(28)13(26)9(6-23)35-18(12)36-39(3,32)37-38(2,31)33-7-10-14(27)16(29)17(34-10)22-5-4-11(25)21-19(22)30/h4-5,9-10,12-18,23,26-29H,6-7H2,1-3H3,(H,20,24)(H,21,25,30)/t9?,10?,12?,13-,14?,15+,16?,17?,18-,38?,39?/m0/s1. The van der Waals surface area contributed by atoms with E-state index in [0.29, 0.717) is 0 Å². The van der Waals surface area contributed by atoms with Crippen molar-refractivity contribution in [2.24, 2.45) is 0 Å². The van der Waals surface area contributed by atoms with Gasteiger partial charge in [-0.3, -0.25) is 32.8 Å². The molecule has 0 saturated carbocycles. The molecule has 2 saturated heterocycles. The average molecular weight is 603 g/mol. The lowest BCUT2D eigenvalue weighted by Gasteiger charge is -2.42. The summed E-state index contributed by atoms with van der Waals surface area (Å²) in [6.07, 6.45) is -11.4. The summed E-state index contributed by atoms with van der Waals surface area (Å²) in [5.74, 6) is -0.665. The molecule has 0 bridgehead atoms. The molecular formula is C19H31N3O15P2. The van der Waals surface area contributed by atoms with Crippen molar-refractivity contribution in [3.05, 3.63) is 33.1 Å². The van der Waals surface area contributed by atoms with Crippen molar-refractivity contribution in [1.82, 2.24) is 14.9 Å². The largest absolute Gasteiger partial charge is 0.394 e. The number of rotatable bonds is 10. The molecule has 39 heavy (non-hydrogen) atoms. The molecule has 1 amide bonds. The second-order valence-electron chi connectivity index (χ2n) is 9.02. The smallest absolute Gasteiger partial charge is 0.337 e. The average Bonchev–Trinajstić information content (AvgIpc) is 3.10. The fraction of sp³-hybridized carbons (Fsp3) is 0.737. The Morgan fingerprint density at radius 2 is 1.69 bits per heavy atom. The van der Waals surface area contributed by atoms with Crippen molar-refractivity contribution in [3.8, 4) is 0 Å². The molecule has 7 N–H and O–H groups in total. The van der Waals surface area contributed by atoms with Crippen molar-refractivity contribution in [2.45, 2.75) is 62.1 Å². The minimum atomic E-state index is -4.38. The van der Waals surface area contributed by atoms with E-state index in [4.69, 9.17) is 22.8 Å². The molecule has 3 heterocycles. The number of nitrogens with one attached hydrogen (secondary N) is 2. The molecular weight excluding hydrogens is 572 g/mol. The predicted octanol–water partition coefficient (Wildman–Crippen LogP) is -3.20. The molecule has 2 aliphatic rings. The highest BCUT2D eigenvalue weighted by Gasteiger charge is 2.49. The van der Waals surface area contributed by atoms with Gasteiger partial charge in [0.25, 0.3) is 5.56 Å². The van der Waals surface area contributed by atoms with Crippen LogP contribution in [0.25, 0.3) is 0 Å². The van der Waals surface area contributed by atoms with Crippen LogP contribution in [-0.4, -0.2) is 116 Å². The Labute approximate surface area is 220 Å². The van der Waals surface area contributed by atoms with Crippen LogP contribution in [0.3, 0.4) is 0 Å². The Balaban J connectivity index is 1.66. The van der Waals surface area contributed by atoms with Gasteiger partial charge < -0.3 is 44.8 Å². The molecule has 20 heteroatoms. The number of H-pyrrole nitrogens is 1. The number of hydrogen-bond acceptors (Lipinski definition) is 15. The summed E-state index contributed by atoms with van der Waals surface area (Å²) in [5.41, 5.74) is -1.61. The number of hydrogen-bond donors (Lipinski definition) is 7. The first kappa shape index (κ1) is 31.7. The molecule has 0 spiro atoms. The number of aromatic nitrogens is 2. The van der Waals surface area contributed by atoms with E-state index in [2.05, 4.69) is 5.32 Å². The molecule has 0 aromatic carbocycles. The van der Waals surface area contributed by atoms with E-state index >= 15 is 0 Å². The van der Waals surface area contributed by atoms with Gasteiger partial charge in [0.1, 0.15) is 42.7 Å². The quantitative estimate of drug-likeness (QED) is 0.130. The van der Waals surface area contributed by atoms with Gasteiger partial charge in [0.05, 0.1) is 13.2 Å². The van der Waals surface area contributed by atoms with Crippen LogP contribution in [0.5, 0.6) is 0 Å². The molecule has 0 aliphatic carbocycles. The molecule has 11 atom stereocenters. The van der Waals surface area contributed by atoms with E-state index in [1.807, 2.05) is 4.98 Å². The highest BCUT2D eigenvalue weighted by molar-refractivity contribution is 7.66. The minimum absolute atomic E-state index is 0.665. The minimum Gasteiger partial charge on any atom is -0.394 e. The number of aromatic amines is 1. The zero-order valence-corrected chi connectivity index (χ0v) is 22.7. The van der Waals surface area contributed by atoms with Crippen LogP contribution in [0.2, 0.25) is 0 Å². The second-order valence-corrected chi connectivity index (χ2v) is 13.2. The number of carbonyl (C=O) groups excluding carboxylic acids is 1. The summed E-state index contributed by atoms with van der Waals surface area (Å²) in [7, 11) is -8.64. The number of carbonyl (C=O) groups is 1. The molecule has 1 aromatic rings. The Kier molecular flexibility index (Phi) is 10.1. The summed E-state index contributed by atoms with van der Waals surface area (Å²) in [5, 5.41) is 52.7. The molecule has 3 rings (SSSR count). The van der Waals surface area contributed by atoms with Gasteiger partial charge in [-0.2, -0.15) is 0 Å². The van der Waals surface area contributed by atoms with Crippen LogP contribution in [-0.2, 0) is 36.8 Å². The maximum Gasteiger partial charge on any atom is 0.337 e. The van der Waals surface area contributed by atoms with Crippen LogP contribution in [0.15, 0.2) is 21.9 Å². The number of ether oxygens (including phenoxy) is 2. The van der Waals surface area contributed by atoms with Gasteiger partial charge in [-0.1, -0.05) is 0 Å². The van der Waals surface area contributed by atoms with Crippen LogP contribution in [0.4, 0.5) is 0 Å². The van der Waals surface area contributed by atoms with E-state index in [1.54, 1.807) is 0 Å². The van der Waals surface area contributed by atoms with Crippen LogP contribution in [0, 0.1) is 0 Å². The number of aliphatic hydroxyl groups is 5. The van der Waals surface area contributed by atoms with Gasteiger partial charge in [0.2, 0.25) is 5.91 Å². The van der Waals surface area contributed by atoms with Crippen LogP contribution >= 0.6 is 15.2 Å². The second kappa shape index (κ2) is 12.4. The molecule has 8 unspecified atom stereocenters. The first-order valence-corrected chi connectivity index (χ1v) is 15.4. The van der Waals surface area contributed by atoms with Crippen LogP contribution in [0.1, 0.15) is 13.2 Å². The van der Waals surface area contributed by atoms with Gasteiger partial charge in [0.15, 0.2) is 12.5 Å². The van der Waals surface area contributed by atoms with Gasteiger partial charge in [-0.15, -0.1) is 0 Å². The molecule has 0 radical (unpaired) electrons. The summed E-state index contributed by atoms with van der Waals surface area (Å²) >= 11 is 0. The first-order chi connectivity index (χ1) is 18.0. The van der Waals surface area contributed by atoms with Crippen molar-refractivity contribution < 1.29 is 62.3 Å². The normalized spacial score (nSPS) is 36.2. The maximum absolute atomic E-state index is 13.0. The lowest BCUT2D eigenvalue weighted by molar-refractivity contribution is -0.245. The van der Waals surface area contributed by atoms with E-state index < -0.39 is 101 Å². The lowest BCUT2D eigenvalue weighted by Crippen LogP contribution is -2.64. The van der Waals surface area contributed by atoms with E-state index in [9.17, 15) is 49.0 Å². The van der Waals surface area contributed by atoms with E-state index in [0.717, 1.165) is 37.1 Å². The fourth-order valence-corrected chi connectivity index (χ4v) is 7.47. The van der Waals surface area contributed by atoms with Crippen LogP contribution < -0.4 is 16.6 Å². The first-order valence-electron chi connectivity index (χ1n) is 11.5. The Morgan fingerprint density at radius 1 is 1.05 bits per heavy atom. The monoisotopic (exact) mass is 603 g/mol. The third kappa shape index (κ3) is 7.70. The van der Waals surface area contributed by atoms with Crippen molar-refractivity contribution >= 4 is 21.1 Å². The van der Waals surface area contributed by atoms with Gasteiger partial charge >= 0.3 is 20.9 Å². The predicted molar refractivity (Wildman–Crippen MR) is 128 cm³/mol. The van der Waals surface area contributed by atoms with Gasteiger partial charge in [-0.25, -0.2) is 9.11 Å². The molecule has 1 aromatic heterocycles. The summed E-state index contributed by atoms with van der Waals surface area (Å²) in [4.78, 5) is 36.8. The van der Waals surface area contributed by atoms with Gasteiger partial charge in [-0.05, 0) is 0 Å². The third-order valence-electron chi connectivity index (χ3n) is 5.78. The van der Waals surface area contributed by atoms with Gasteiger partial charge in [0, 0.05) is 32.5 Å². The third-order valence-corrected chi connectivity index (χ3v) is 9.36. The maximum atomic E-state index is 13.0. The Morgan fingerprint density at radius 3 is 2.28 bits per heavy atom. The van der Waals surface area contributed by atoms with E-state index in [1.165, 1.54) is 0 Å². The number of aliphatic hydroxyl groups excluding tert-OH is 5. The molecule has 2 aliphatic heterocycles. The Bertz CT molecular complexity index is 1240. The highest BCUT2D eigenvalue weighted by Crippen LogP contribution is 2.62. The lowest BCUT2D eigenvalue weighted by atomic mass is 9.97. The SMILES string of the molecule is CC(=O)NC1[C@H](OP(C)(=O)OP(C)(=O)OCC2OC(n3ccc(=O)[nH]c3=O)C(O)C2O)OC(CO)[C@H](O)[C@@H]1O. The zero-order chi connectivity index (χ0) is 29.3. The van der Waals surface area contributed by atoms with Crippen molar-refractivity contribution in [3.63, 3.8) is 0 Å². The fourth-order valence-electron chi connectivity index (χ4n) is 3.99. The summed E-state index contributed by atoms with van der Waals surface area (Å²) < 4.78 is 53.0. The summed E-state index contributed by atoms with van der Waals surface area (Å²) in [6.45, 7) is 1.45. The topological polar surface area (TPSA) is 265 Å². The number of amides is 1. The molecule has 2 fully saturated rings. The van der Waals surface area contributed by atoms with Crippen molar-refractivity contribution in [1.29, 1.82) is 0 Å². The summed E-state index contributed by atoms with van der Waals surface area (Å²) in [6, 6.07) is -0.457. The van der Waals surface area contributed by atoms with E-state index in [-0.39, 0.29) is 0 Å². The molecule has 18 nitrogen and oxygen atoms in total. The van der Waals surface area contributed by atoms with Crippen molar-refractivity contribution in [2.75, 3.05) is 26.5 Å². The highest BCUT2D eigenvalue weighted by atomic mass is 31.3. The zero-order valence-electron chi connectivity index (χ0n) is 20.9.